The molecule has 0 radical (unpaired) electrons. The van der Waals surface area contributed by atoms with Crippen LogP contribution in [0.25, 0.3) is 10.4 Å². The predicted molar refractivity (Wildman–Crippen MR) is 64.2 cm³/mol. The van der Waals surface area contributed by atoms with Crippen LogP contribution in [0, 0.1) is 6.92 Å². The van der Waals surface area contributed by atoms with Crippen LogP contribution in [0.1, 0.15) is 26.3 Å². The van der Waals surface area contributed by atoms with E-state index in [1.807, 2.05) is 24.4 Å². The number of cyclic esters (lactones) is 2. The van der Waals surface area contributed by atoms with Gasteiger partial charge in [0.2, 0.25) is 0 Å². The lowest BCUT2D eigenvalue weighted by Gasteiger charge is -2.03. The van der Waals surface area contributed by atoms with Crippen molar-refractivity contribution in [2.75, 3.05) is 0 Å². The van der Waals surface area contributed by atoms with Gasteiger partial charge in [-0.1, -0.05) is 12.1 Å². The second-order valence-corrected chi connectivity index (χ2v) is 4.75. The largest absolute Gasteiger partial charge is 0.386 e. The smallest absolute Gasteiger partial charge is 0.347 e. The van der Waals surface area contributed by atoms with Gasteiger partial charge in [0.15, 0.2) is 0 Å². The van der Waals surface area contributed by atoms with Crippen LogP contribution < -0.4 is 0 Å². The molecule has 0 fully saturated rings. The number of hydrogen-bond acceptors (Lipinski definition) is 4. The molecule has 0 unspecified atom stereocenters. The highest BCUT2D eigenvalue weighted by atomic mass is 32.1. The highest BCUT2D eigenvalue weighted by Crippen LogP contribution is 2.35. The fourth-order valence-corrected chi connectivity index (χ4v) is 2.93. The van der Waals surface area contributed by atoms with E-state index in [-0.39, 0.29) is 0 Å². The van der Waals surface area contributed by atoms with Crippen LogP contribution in [-0.4, -0.2) is 11.9 Å². The van der Waals surface area contributed by atoms with Gasteiger partial charge in [0.25, 0.3) is 0 Å². The van der Waals surface area contributed by atoms with Crippen LogP contribution in [0.15, 0.2) is 29.6 Å². The number of rotatable bonds is 1. The van der Waals surface area contributed by atoms with Crippen molar-refractivity contribution in [1.29, 1.82) is 0 Å². The lowest BCUT2D eigenvalue weighted by molar-refractivity contribution is 0.0444. The van der Waals surface area contributed by atoms with Crippen molar-refractivity contribution in [2.45, 2.75) is 6.92 Å². The van der Waals surface area contributed by atoms with Crippen LogP contribution in [0.5, 0.6) is 0 Å². The minimum atomic E-state index is -0.555. The Morgan fingerprint density at radius 3 is 2.53 bits per heavy atom. The van der Waals surface area contributed by atoms with E-state index in [4.69, 9.17) is 0 Å². The maximum absolute atomic E-state index is 11.7. The van der Waals surface area contributed by atoms with Gasteiger partial charge in [-0.25, -0.2) is 9.59 Å². The fourth-order valence-electron chi connectivity index (χ4n) is 1.97. The third-order valence-electron chi connectivity index (χ3n) is 2.78. The zero-order chi connectivity index (χ0) is 12.0. The van der Waals surface area contributed by atoms with Crippen molar-refractivity contribution in [1.82, 2.24) is 0 Å². The molecule has 0 saturated heterocycles. The molecule has 4 heteroatoms. The minimum absolute atomic E-state index is 0.361. The summed E-state index contributed by atoms with van der Waals surface area (Å²) in [6, 6.07) is 7.22. The van der Waals surface area contributed by atoms with Gasteiger partial charge in [-0.15, -0.1) is 11.3 Å². The Labute approximate surface area is 102 Å². The number of aryl methyl sites for hydroxylation is 1. The number of benzene rings is 1. The number of esters is 2. The van der Waals surface area contributed by atoms with Crippen LogP contribution in [0.4, 0.5) is 0 Å². The first-order valence-electron chi connectivity index (χ1n) is 5.12. The Kier molecular flexibility index (Phi) is 2.12. The molecule has 17 heavy (non-hydrogen) atoms. The summed E-state index contributed by atoms with van der Waals surface area (Å²) in [6.07, 6.45) is 0. The molecule has 2 aromatic rings. The molecule has 0 atom stereocenters. The fraction of sp³-hybridized carbons (Fsp3) is 0.0769. The predicted octanol–water partition coefficient (Wildman–Crippen LogP) is 3.03. The summed E-state index contributed by atoms with van der Waals surface area (Å²) >= 11 is 1.55. The lowest BCUT2D eigenvalue weighted by Crippen LogP contribution is -1.98. The molecule has 1 aliphatic rings. The van der Waals surface area contributed by atoms with Gasteiger partial charge in [-0.2, -0.15) is 0 Å². The van der Waals surface area contributed by atoms with E-state index in [1.54, 1.807) is 23.5 Å². The summed E-state index contributed by atoms with van der Waals surface area (Å²) in [5.74, 6) is -1.10. The van der Waals surface area contributed by atoms with Crippen molar-refractivity contribution in [3.05, 3.63) is 46.3 Å². The van der Waals surface area contributed by atoms with Crippen molar-refractivity contribution in [3.63, 3.8) is 0 Å². The van der Waals surface area contributed by atoms with Crippen molar-refractivity contribution in [3.8, 4) is 10.4 Å². The normalized spacial score (nSPS) is 13.7. The van der Waals surface area contributed by atoms with Crippen LogP contribution in [0.3, 0.4) is 0 Å². The Bertz CT molecular complexity index is 640. The summed E-state index contributed by atoms with van der Waals surface area (Å²) < 4.78 is 4.64. The molecule has 84 valence electrons. The Balaban J connectivity index is 2.31. The summed E-state index contributed by atoms with van der Waals surface area (Å²) in [7, 11) is 0. The zero-order valence-corrected chi connectivity index (χ0v) is 9.84. The maximum atomic E-state index is 11.7. The zero-order valence-electron chi connectivity index (χ0n) is 9.02. The number of carbonyl (C=O) groups is 2. The molecule has 0 saturated carbocycles. The lowest BCUT2D eigenvalue weighted by atomic mass is 10.00. The van der Waals surface area contributed by atoms with Gasteiger partial charge >= 0.3 is 11.9 Å². The van der Waals surface area contributed by atoms with Crippen molar-refractivity contribution < 1.29 is 14.3 Å². The van der Waals surface area contributed by atoms with E-state index < -0.39 is 11.9 Å². The Hall–Kier alpha value is -1.94. The number of ether oxygens (including phenoxy) is 1. The first-order chi connectivity index (χ1) is 8.18. The number of fused-ring (bicyclic) bond motifs is 1. The number of carbonyl (C=O) groups excluding carboxylic acids is 2. The average molecular weight is 244 g/mol. The summed E-state index contributed by atoms with van der Waals surface area (Å²) in [5.41, 5.74) is 2.63. The molecule has 0 N–H and O–H groups in total. The van der Waals surface area contributed by atoms with Gasteiger partial charge in [0, 0.05) is 10.4 Å². The number of thiophene rings is 1. The molecular weight excluding hydrogens is 236 g/mol. The first kappa shape index (κ1) is 10.2. The minimum Gasteiger partial charge on any atom is -0.386 e. The molecule has 3 rings (SSSR count). The molecule has 0 amide bonds. The summed E-state index contributed by atoms with van der Waals surface area (Å²) in [5, 5.41) is 1.96. The van der Waals surface area contributed by atoms with Crippen LogP contribution >= 0.6 is 11.3 Å². The van der Waals surface area contributed by atoms with Gasteiger partial charge in [-0.3, -0.25) is 0 Å². The Morgan fingerprint density at radius 1 is 1.06 bits per heavy atom. The topological polar surface area (TPSA) is 43.4 Å². The van der Waals surface area contributed by atoms with Gasteiger partial charge in [0.1, 0.15) is 0 Å². The van der Waals surface area contributed by atoms with Crippen molar-refractivity contribution in [2.24, 2.45) is 0 Å². The third-order valence-corrected chi connectivity index (χ3v) is 3.83. The summed E-state index contributed by atoms with van der Waals surface area (Å²) in [6.45, 7) is 1.98. The van der Waals surface area contributed by atoms with Crippen molar-refractivity contribution >= 4 is 23.3 Å². The SMILES string of the molecule is Cc1ccsc1-c1cccc2c1C(=O)OC2=O. The van der Waals surface area contributed by atoms with E-state index in [0.29, 0.717) is 11.1 Å². The molecule has 2 heterocycles. The highest BCUT2D eigenvalue weighted by molar-refractivity contribution is 7.13. The first-order valence-corrected chi connectivity index (χ1v) is 6.00. The standard InChI is InChI=1S/C13H8O3S/c1-7-5-6-17-11(7)8-3-2-4-9-10(8)13(15)16-12(9)14/h2-6H,1H3. The quantitative estimate of drug-likeness (QED) is 0.572. The Morgan fingerprint density at radius 2 is 1.82 bits per heavy atom. The van der Waals surface area contributed by atoms with E-state index in [9.17, 15) is 9.59 Å². The molecule has 3 nitrogen and oxygen atoms in total. The van der Waals surface area contributed by atoms with Crippen LogP contribution in [-0.2, 0) is 4.74 Å². The molecule has 1 aliphatic heterocycles. The third kappa shape index (κ3) is 1.41. The second-order valence-electron chi connectivity index (χ2n) is 3.84. The molecule has 0 bridgehead atoms. The van der Waals surface area contributed by atoms with Crippen LogP contribution in [0.2, 0.25) is 0 Å². The van der Waals surface area contributed by atoms with E-state index >= 15 is 0 Å². The van der Waals surface area contributed by atoms with E-state index in [1.165, 1.54) is 0 Å². The highest BCUT2D eigenvalue weighted by Gasteiger charge is 2.32. The maximum Gasteiger partial charge on any atom is 0.347 e. The second kappa shape index (κ2) is 3.53. The molecule has 1 aromatic heterocycles. The van der Waals surface area contributed by atoms with Gasteiger partial charge < -0.3 is 4.74 Å². The molecular formula is C13H8O3S. The summed E-state index contributed by atoms with van der Waals surface area (Å²) in [4.78, 5) is 24.1. The number of hydrogen-bond donors (Lipinski definition) is 0. The molecule has 1 aromatic carbocycles. The monoisotopic (exact) mass is 244 g/mol. The molecule has 0 aliphatic carbocycles. The molecule has 0 spiro atoms. The average Bonchev–Trinajstić information content (AvgIpc) is 2.85. The van der Waals surface area contributed by atoms with E-state index in [0.717, 1.165) is 16.0 Å². The van der Waals surface area contributed by atoms with E-state index in [2.05, 4.69) is 4.74 Å². The van der Waals surface area contributed by atoms with Gasteiger partial charge in [-0.05, 0) is 30.0 Å². The van der Waals surface area contributed by atoms with Gasteiger partial charge in [0.05, 0.1) is 11.1 Å².